The van der Waals surface area contributed by atoms with E-state index in [4.69, 9.17) is 5.11 Å². The van der Waals surface area contributed by atoms with Gasteiger partial charge in [0.1, 0.15) is 5.56 Å². The minimum Gasteiger partial charge on any atom is -0.494 e. The fraction of sp³-hybridized carbons (Fsp3) is 0.545. The largest absolute Gasteiger partial charge is 0.494 e. The van der Waals surface area contributed by atoms with Crippen LogP contribution < -0.4 is 11.2 Å². The molecule has 0 saturated heterocycles. The van der Waals surface area contributed by atoms with Crippen LogP contribution in [-0.2, 0) is 14.1 Å². The number of aliphatic hydroxyl groups is 1. The van der Waals surface area contributed by atoms with Gasteiger partial charge in [0.05, 0.1) is 18.9 Å². The predicted molar refractivity (Wildman–Crippen MR) is 67.4 cm³/mol. The fourth-order valence-corrected chi connectivity index (χ4v) is 1.64. The molecule has 2 N–H and O–H groups in total. The Balaban J connectivity index is 3.60. The maximum absolute atomic E-state index is 12.0. The lowest BCUT2D eigenvalue weighted by Crippen LogP contribution is -2.40. The Morgan fingerprint density at radius 1 is 1.28 bits per heavy atom. The zero-order valence-corrected chi connectivity index (χ0v) is 10.7. The Morgan fingerprint density at radius 2 is 1.89 bits per heavy atom. The Bertz CT molecular complexity index is 583. The Kier molecular flexibility index (Phi) is 4.43. The highest BCUT2D eigenvalue weighted by molar-refractivity contribution is 6.01. The van der Waals surface area contributed by atoms with E-state index in [0.717, 1.165) is 9.13 Å². The van der Waals surface area contributed by atoms with Crippen LogP contribution in [-0.4, -0.2) is 38.2 Å². The van der Waals surface area contributed by atoms with E-state index in [9.17, 15) is 14.7 Å². The van der Waals surface area contributed by atoms with Gasteiger partial charge in [-0.3, -0.25) is 18.9 Å². The molecule has 18 heavy (non-hydrogen) atoms. The molecule has 1 rings (SSSR count). The third-order valence-corrected chi connectivity index (χ3v) is 2.66. The monoisotopic (exact) mass is 255 g/mol. The van der Waals surface area contributed by atoms with Gasteiger partial charge in [-0.1, -0.05) is 6.92 Å². The Hall–Kier alpha value is -1.89. The molecule has 0 aromatic carbocycles. The lowest BCUT2D eigenvalue weighted by molar-refractivity contribution is 0.307. The number of aliphatic hydroxyl groups excluding tert-OH is 1. The Morgan fingerprint density at radius 3 is 2.39 bits per heavy atom. The van der Waals surface area contributed by atoms with Crippen LogP contribution in [0.5, 0.6) is 5.88 Å². The summed E-state index contributed by atoms with van der Waals surface area (Å²) in [5, 5.41) is 18.6. The van der Waals surface area contributed by atoms with Crippen LogP contribution in [0.25, 0.3) is 0 Å². The van der Waals surface area contributed by atoms with Gasteiger partial charge in [-0.25, -0.2) is 4.79 Å². The molecular weight excluding hydrogens is 238 g/mol. The summed E-state index contributed by atoms with van der Waals surface area (Å²) in [6, 6.07) is 0. The number of rotatable bonds is 4. The van der Waals surface area contributed by atoms with Crippen molar-refractivity contribution in [2.75, 3.05) is 13.2 Å². The molecule has 0 amide bonds. The van der Waals surface area contributed by atoms with Crippen molar-refractivity contribution >= 4 is 5.71 Å². The first-order chi connectivity index (χ1) is 8.45. The van der Waals surface area contributed by atoms with Crippen LogP contribution in [0.2, 0.25) is 0 Å². The summed E-state index contributed by atoms with van der Waals surface area (Å²) in [5.74, 6) is -0.401. The zero-order chi connectivity index (χ0) is 13.9. The number of aromatic hydroxyl groups is 1. The maximum atomic E-state index is 12.0. The molecule has 0 aliphatic carbocycles. The molecule has 0 aliphatic rings. The first-order valence-corrected chi connectivity index (χ1v) is 5.59. The third-order valence-electron chi connectivity index (χ3n) is 2.66. The summed E-state index contributed by atoms with van der Waals surface area (Å²) in [5.41, 5.74) is -0.804. The maximum Gasteiger partial charge on any atom is 0.333 e. The van der Waals surface area contributed by atoms with E-state index < -0.39 is 17.1 Å². The van der Waals surface area contributed by atoms with Gasteiger partial charge in [-0.05, 0) is 6.42 Å². The van der Waals surface area contributed by atoms with Crippen molar-refractivity contribution in [3.8, 4) is 5.88 Å². The standard InChI is InChI=1S/C11H17N3O4/c1-4-7(12-5-6-15)8-9(16)13(2)11(18)14(3)10(8)17/h15-16H,4-6H2,1-3H3. The van der Waals surface area contributed by atoms with Gasteiger partial charge in [0.25, 0.3) is 5.56 Å². The summed E-state index contributed by atoms with van der Waals surface area (Å²) >= 11 is 0. The van der Waals surface area contributed by atoms with Crippen LogP contribution in [0.4, 0.5) is 0 Å². The number of aliphatic imine (C=N–C) groups is 1. The molecule has 1 aromatic heterocycles. The number of hydrogen-bond donors (Lipinski definition) is 2. The van der Waals surface area contributed by atoms with Gasteiger partial charge < -0.3 is 10.2 Å². The smallest absolute Gasteiger partial charge is 0.333 e. The summed E-state index contributed by atoms with van der Waals surface area (Å²) in [4.78, 5) is 27.6. The molecule has 0 spiro atoms. The number of nitrogens with zero attached hydrogens (tertiary/aromatic N) is 3. The summed E-state index contributed by atoms with van der Waals surface area (Å²) in [6.45, 7) is 1.78. The second-order valence-electron chi connectivity index (χ2n) is 3.81. The van der Waals surface area contributed by atoms with Crippen molar-refractivity contribution in [2.24, 2.45) is 19.1 Å². The van der Waals surface area contributed by atoms with Gasteiger partial charge in [0, 0.05) is 14.1 Å². The van der Waals surface area contributed by atoms with Gasteiger partial charge in [-0.2, -0.15) is 0 Å². The highest BCUT2D eigenvalue weighted by Gasteiger charge is 2.18. The molecule has 1 aromatic rings. The summed E-state index contributed by atoms with van der Waals surface area (Å²) < 4.78 is 1.90. The van der Waals surface area contributed by atoms with E-state index in [-0.39, 0.29) is 18.7 Å². The molecular formula is C11H17N3O4. The lowest BCUT2D eigenvalue weighted by Gasteiger charge is -2.11. The van der Waals surface area contributed by atoms with E-state index in [0.29, 0.717) is 12.1 Å². The van der Waals surface area contributed by atoms with Crippen LogP contribution in [0, 0.1) is 0 Å². The normalized spacial score (nSPS) is 11.9. The van der Waals surface area contributed by atoms with Crippen molar-refractivity contribution in [1.29, 1.82) is 0 Å². The molecule has 7 nitrogen and oxygen atoms in total. The summed E-state index contributed by atoms with van der Waals surface area (Å²) in [7, 11) is 2.72. The fourth-order valence-electron chi connectivity index (χ4n) is 1.64. The minimum atomic E-state index is -0.598. The van der Waals surface area contributed by atoms with Crippen molar-refractivity contribution in [2.45, 2.75) is 13.3 Å². The highest BCUT2D eigenvalue weighted by Crippen LogP contribution is 2.12. The second kappa shape index (κ2) is 5.63. The molecule has 0 unspecified atom stereocenters. The summed E-state index contributed by atoms with van der Waals surface area (Å²) in [6.07, 6.45) is 0.418. The van der Waals surface area contributed by atoms with Gasteiger partial charge in [-0.15, -0.1) is 0 Å². The van der Waals surface area contributed by atoms with Crippen molar-refractivity contribution < 1.29 is 10.2 Å². The first kappa shape index (κ1) is 14.2. The van der Waals surface area contributed by atoms with Gasteiger partial charge in [0.15, 0.2) is 0 Å². The second-order valence-corrected chi connectivity index (χ2v) is 3.81. The number of aromatic nitrogens is 2. The molecule has 0 fully saturated rings. The van der Waals surface area contributed by atoms with Crippen molar-refractivity contribution in [3.05, 3.63) is 26.4 Å². The molecule has 1 heterocycles. The van der Waals surface area contributed by atoms with Crippen molar-refractivity contribution in [3.63, 3.8) is 0 Å². The van der Waals surface area contributed by atoms with Crippen LogP contribution in [0.15, 0.2) is 14.6 Å². The lowest BCUT2D eigenvalue weighted by atomic mass is 10.1. The van der Waals surface area contributed by atoms with E-state index in [1.807, 2.05) is 0 Å². The third kappa shape index (κ3) is 2.35. The molecule has 0 bridgehead atoms. The van der Waals surface area contributed by atoms with E-state index in [1.165, 1.54) is 14.1 Å². The average molecular weight is 255 g/mol. The highest BCUT2D eigenvalue weighted by atomic mass is 16.3. The van der Waals surface area contributed by atoms with E-state index in [2.05, 4.69) is 4.99 Å². The molecule has 0 radical (unpaired) electrons. The van der Waals surface area contributed by atoms with Gasteiger partial charge in [0.2, 0.25) is 5.88 Å². The number of hydrogen-bond acceptors (Lipinski definition) is 5. The van der Waals surface area contributed by atoms with Gasteiger partial charge >= 0.3 is 5.69 Å². The predicted octanol–water partition coefficient (Wildman–Crippen LogP) is -1.02. The van der Waals surface area contributed by atoms with Crippen LogP contribution in [0.3, 0.4) is 0 Å². The quantitative estimate of drug-likeness (QED) is 0.673. The van der Waals surface area contributed by atoms with Crippen LogP contribution in [0.1, 0.15) is 18.9 Å². The van der Waals surface area contributed by atoms with Crippen molar-refractivity contribution in [1.82, 2.24) is 9.13 Å². The average Bonchev–Trinajstić information content (AvgIpc) is 2.38. The van der Waals surface area contributed by atoms with E-state index >= 15 is 0 Å². The SMILES string of the molecule is CCC(=NCCO)c1c(O)n(C)c(=O)n(C)c1=O. The Labute approximate surface area is 104 Å². The van der Waals surface area contributed by atoms with Crippen LogP contribution >= 0.6 is 0 Å². The zero-order valence-electron chi connectivity index (χ0n) is 10.7. The molecule has 0 aliphatic heterocycles. The molecule has 7 heteroatoms. The molecule has 100 valence electrons. The molecule has 0 saturated carbocycles. The molecule has 0 atom stereocenters. The minimum absolute atomic E-state index is 0.00977. The van der Waals surface area contributed by atoms with E-state index in [1.54, 1.807) is 6.92 Å². The first-order valence-electron chi connectivity index (χ1n) is 5.59. The topological polar surface area (TPSA) is 96.8 Å².